The normalized spacial score (nSPS) is 10.1. The Bertz CT molecular complexity index is 641. The lowest BCUT2D eigenvalue weighted by molar-refractivity contribution is -0.384. The highest BCUT2D eigenvalue weighted by Crippen LogP contribution is 2.22. The predicted octanol–water partition coefficient (Wildman–Crippen LogP) is 1.84. The van der Waals surface area contributed by atoms with Crippen LogP contribution in [0.1, 0.15) is 14.5 Å². The van der Waals surface area contributed by atoms with Crippen molar-refractivity contribution in [3.8, 4) is 5.75 Å². The molecule has 1 heterocycles. The molecule has 3 N–H and O–H groups in total. The van der Waals surface area contributed by atoms with Crippen molar-refractivity contribution < 1.29 is 14.5 Å². The maximum absolute atomic E-state index is 11.3. The van der Waals surface area contributed by atoms with Crippen LogP contribution in [0.15, 0.2) is 36.4 Å². The van der Waals surface area contributed by atoms with Crippen LogP contribution in [-0.2, 0) is 6.61 Å². The number of nitrogens with zero attached hydrogens (tertiary/aromatic N) is 1. The highest BCUT2D eigenvalue weighted by molar-refractivity contribution is 7.14. The number of hydrogen-bond donors (Lipinski definition) is 2. The van der Waals surface area contributed by atoms with Crippen LogP contribution in [0.25, 0.3) is 0 Å². The van der Waals surface area contributed by atoms with Crippen molar-refractivity contribution >= 4 is 22.9 Å². The molecule has 7 nitrogen and oxygen atoms in total. The zero-order valence-corrected chi connectivity index (χ0v) is 11.1. The number of amides is 1. The summed E-state index contributed by atoms with van der Waals surface area (Å²) in [5.41, 5.74) is 2.01. The van der Waals surface area contributed by atoms with Crippen LogP contribution in [-0.4, -0.2) is 10.8 Å². The number of benzene rings is 1. The Kier molecular flexibility index (Phi) is 4.28. The average molecular weight is 293 g/mol. The number of non-ortho nitro benzene ring substituents is 1. The zero-order chi connectivity index (χ0) is 14.5. The monoisotopic (exact) mass is 293 g/mol. The molecule has 20 heavy (non-hydrogen) atoms. The van der Waals surface area contributed by atoms with Crippen molar-refractivity contribution in [3.63, 3.8) is 0 Å². The largest absolute Gasteiger partial charge is 0.488 e. The molecule has 0 aliphatic heterocycles. The van der Waals surface area contributed by atoms with Gasteiger partial charge in [-0.1, -0.05) is 6.07 Å². The Morgan fingerprint density at radius 3 is 2.90 bits per heavy atom. The zero-order valence-electron chi connectivity index (χ0n) is 10.2. The van der Waals surface area contributed by atoms with Crippen LogP contribution in [0.2, 0.25) is 0 Å². The van der Waals surface area contributed by atoms with E-state index in [1.165, 1.54) is 23.5 Å². The molecular weight excluding hydrogens is 282 g/mol. The Morgan fingerprint density at radius 1 is 1.40 bits per heavy atom. The van der Waals surface area contributed by atoms with E-state index in [9.17, 15) is 14.9 Å². The Balaban J connectivity index is 2.01. The van der Waals surface area contributed by atoms with Gasteiger partial charge in [-0.2, -0.15) is 0 Å². The van der Waals surface area contributed by atoms with Gasteiger partial charge < -0.3 is 4.74 Å². The van der Waals surface area contributed by atoms with Crippen LogP contribution in [0.4, 0.5) is 5.69 Å². The summed E-state index contributed by atoms with van der Waals surface area (Å²) in [6, 6.07) is 9.30. The van der Waals surface area contributed by atoms with Crippen LogP contribution >= 0.6 is 11.3 Å². The third-order valence-electron chi connectivity index (χ3n) is 2.43. The van der Waals surface area contributed by atoms with Crippen LogP contribution in [0.3, 0.4) is 0 Å². The van der Waals surface area contributed by atoms with Crippen LogP contribution in [0, 0.1) is 10.1 Å². The van der Waals surface area contributed by atoms with Gasteiger partial charge in [0.25, 0.3) is 11.6 Å². The Hall–Kier alpha value is -2.45. The van der Waals surface area contributed by atoms with E-state index < -0.39 is 4.92 Å². The number of carbonyl (C=O) groups is 1. The van der Waals surface area contributed by atoms with Crippen LogP contribution < -0.4 is 16.0 Å². The number of hydrogen-bond acceptors (Lipinski definition) is 6. The number of nitro benzene ring substituents is 1. The Labute approximate surface area is 118 Å². The van der Waals surface area contributed by atoms with Gasteiger partial charge in [-0.3, -0.25) is 20.3 Å². The molecule has 1 aromatic carbocycles. The number of nitrogens with one attached hydrogen (secondary N) is 1. The summed E-state index contributed by atoms with van der Waals surface area (Å²) in [4.78, 5) is 22.7. The number of rotatable bonds is 5. The topological polar surface area (TPSA) is 107 Å². The molecule has 0 unspecified atom stereocenters. The molecule has 0 aliphatic rings. The van der Waals surface area contributed by atoms with Gasteiger partial charge in [0.1, 0.15) is 12.4 Å². The molecule has 0 saturated heterocycles. The molecule has 0 fully saturated rings. The second-order valence-electron chi connectivity index (χ2n) is 3.78. The minimum absolute atomic E-state index is 0.0307. The predicted molar refractivity (Wildman–Crippen MR) is 73.4 cm³/mol. The highest BCUT2D eigenvalue weighted by Gasteiger charge is 2.09. The third kappa shape index (κ3) is 3.31. The van der Waals surface area contributed by atoms with Crippen molar-refractivity contribution in [2.24, 2.45) is 5.84 Å². The van der Waals surface area contributed by atoms with Crippen molar-refractivity contribution in [1.82, 2.24) is 5.43 Å². The third-order valence-corrected chi connectivity index (χ3v) is 3.48. The van der Waals surface area contributed by atoms with Gasteiger partial charge in [0.15, 0.2) is 0 Å². The SMILES string of the molecule is NNC(=O)c1ccc(COc2cccc([N+](=O)[O-])c2)s1. The lowest BCUT2D eigenvalue weighted by Gasteiger charge is -2.03. The number of nitrogens with two attached hydrogens (primary N) is 1. The first-order chi connectivity index (χ1) is 9.60. The summed E-state index contributed by atoms with van der Waals surface area (Å²) in [5.74, 6) is 5.07. The minimum atomic E-state index is -0.484. The molecule has 0 aliphatic carbocycles. The molecule has 8 heteroatoms. The van der Waals surface area contributed by atoms with E-state index in [0.29, 0.717) is 10.6 Å². The number of nitro groups is 1. The van der Waals surface area contributed by atoms with Gasteiger partial charge in [0.05, 0.1) is 15.9 Å². The van der Waals surface area contributed by atoms with Gasteiger partial charge in [0, 0.05) is 10.9 Å². The van der Waals surface area contributed by atoms with Gasteiger partial charge in [-0.05, 0) is 18.2 Å². The Morgan fingerprint density at radius 2 is 2.20 bits per heavy atom. The molecule has 2 aromatic rings. The van der Waals surface area contributed by atoms with E-state index in [2.05, 4.69) is 0 Å². The first kappa shape index (κ1) is 14.0. The van der Waals surface area contributed by atoms with Gasteiger partial charge in [-0.15, -0.1) is 11.3 Å². The molecular formula is C12H11N3O4S. The molecule has 104 valence electrons. The standard InChI is InChI=1S/C12H11N3O4S/c13-14-12(16)11-5-4-10(20-11)7-19-9-3-1-2-8(6-9)15(17)18/h1-6H,7,13H2,(H,14,16). The molecule has 1 amide bonds. The maximum atomic E-state index is 11.3. The number of thiophene rings is 1. The minimum Gasteiger partial charge on any atom is -0.488 e. The molecule has 0 radical (unpaired) electrons. The lowest BCUT2D eigenvalue weighted by atomic mass is 10.3. The van der Waals surface area contributed by atoms with E-state index in [1.54, 1.807) is 24.3 Å². The quantitative estimate of drug-likeness (QED) is 0.378. The molecule has 0 saturated carbocycles. The van der Waals surface area contributed by atoms with Gasteiger partial charge in [0.2, 0.25) is 0 Å². The molecule has 0 bridgehead atoms. The van der Waals surface area contributed by atoms with E-state index in [1.807, 2.05) is 5.43 Å². The van der Waals surface area contributed by atoms with Gasteiger partial charge >= 0.3 is 0 Å². The fourth-order valence-corrected chi connectivity index (χ4v) is 2.31. The van der Waals surface area contributed by atoms with E-state index in [4.69, 9.17) is 10.6 Å². The lowest BCUT2D eigenvalue weighted by Crippen LogP contribution is -2.29. The fourth-order valence-electron chi connectivity index (χ4n) is 1.49. The second-order valence-corrected chi connectivity index (χ2v) is 4.95. The first-order valence-corrected chi connectivity index (χ1v) is 6.38. The highest BCUT2D eigenvalue weighted by atomic mass is 32.1. The molecule has 2 rings (SSSR count). The van der Waals surface area contributed by atoms with Crippen molar-refractivity contribution in [3.05, 3.63) is 56.3 Å². The number of hydrazine groups is 1. The number of ether oxygens (including phenoxy) is 1. The second kappa shape index (κ2) is 6.13. The summed E-state index contributed by atoms with van der Waals surface area (Å²) in [5, 5.41) is 10.6. The van der Waals surface area contributed by atoms with Crippen molar-refractivity contribution in [2.75, 3.05) is 0 Å². The van der Waals surface area contributed by atoms with Crippen molar-refractivity contribution in [1.29, 1.82) is 0 Å². The fraction of sp³-hybridized carbons (Fsp3) is 0.0833. The van der Waals surface area contributed by atoms with Gasteiger partial charge in [-0.25, -0.2) is 5.84 Å². The summed E-state index contributed by atoms with van der Waals surface area (Å²) in [7, 11) is 0. The number of carbonyl (C=O) groups excluding carboxylic acids is 1. The summed E-state index contributed by atoms with van der Waals surface area (Å²) in [6.45, 7) is 0.226. The smallest absolute Gasteiger partial charge is 0.275 e. The maximum Gasteiger partial charge on any atom is 0.275 e. The van der Waals surface area contributed by atoms with E-state index >= 15 is 0 Å². The summed E-state index contributed by atoms with van der Waals surface area (Å²) in [6.07, 6.45) is 0. The van der Waals surface area contributed by atoms with Crippen LogP contribution in [0.5, 0.6) is 5.75 Å². The molecule has 1 aromatic heterocycles. The van der Waals surface area contributed by atoms with E-state index in [-0.39, 0.29) is 18.2 Å². The summed E-state index contributed by atoms with van der Waals surface area (Å²) < 4.78 is 5.45. The van der Waals surface area contributed by atoms with E-state index in [0.717, 1.165) is 4.88 Å². The molecule has 0 spiro atoms. The number of nitrogen functional groups attached to an aromatic ring is 1. The average Bonchev–Trinajstić information content (AvgIpc) is 2.93. The first-order valence-electron chi connectivity index (χ1n) is 5.57. The molecule has 0 atom stereocenters. The van der Waals surface area contributed by atoms with Crippen molar-refractivity contribution in [2.45, 2.75) is 6.61 Å². The summed E-state index contributed by atoms with van der Waals surface area (Å²) >= 11 is 1.24.